The van der Waals surface area contributed by atoms with E-state index in [9.17, 15) is 0 Å². The van der Waals surface area contributed by atoms with Gasteiger partial charge in [0.05, 0.1) is 0 Å². The molecule has 0 amide bonds. The van der Waals surface area contributed by atoms with Crippen molar-refractivity contribution in [3.63, 3.8) is 0 Å². The van der Waals surface area contributed by atoms with Crippen LogP contribution in [0.15, 0.2) is 0 Å². The lowest BCUT2D eigenvalue weighted by Crippen LogP contribution is -2.22. The van der Waals surface area contributed by atoms with Crippen molar-refractivity contribution in [3.8, 4) is 0 Å². The predicted octanol–water partition coefficient (Wildman–Crippen LogP) is 3.47. The molecule has 1 aromatic heterocycles. The van der Waals surface area contributed by atoms with Crippen molar-refractivity contribution in [1.82, 2.24) is 9.97 Å². The molecule has 0 unspecified atom stereocenters. The average molecular weight is 247 g/mol. The molecule has 0 radical (unpaired) electrons. The molecule has 0 atom stereocenters. The summed E-state index contributed by atoms with van der Waals surface area (Å²) in [5.74, 6) is 2.06. The molecular formula is C15H25N3. The number of nitrogens with one attached hydrogen (secondary N) is 1. The highest BCUT2D eigenvalue weighted by Crippen LogP contribution is 2.28. The third kappa shape index (κ3) is 2.82. The Hall–Kier alpha value is -1.12. The lowest BCUT2D eigenvalue weighted by Gasteiger charge is -2.24. The molecule has 1 N–H and O–H groups in total. The van der Waals surface area contributed by atoms with Crippen LogP contribution < -0.4 is 5.32 Å². The van der Waals surface area contributed by atoms with E-state index in [4.69, 9.17) is 9.97 Å². The topological polar surface area (TPSA) is 37.8 Å². The molecule has 0 aromatic carbocycles. The zero-order valence-corrected chi connectivity index (χ0v) is 12.1. The quantitative estimate of drug-likeness (QED) is 0.888. The Morgan fingerprint density at radius 2 is 1.83 bits per heavy atom. The fourth-order valence-electron chi connectivity index (χ4n) is 2.32. The van der Waals surface area contributed by atoms with Gasteiger partial charge in [0, 0.05) is 23.2 Å². The van der Waals surface area contributed by atoms with Gasteiger partial charge >= 0.3 is 0 Å². The van der Waals surface area contributed by atoms with Gasteiger partial charge in [-0.2, -0.15) is 0 Å². The Morgan fingerprint density at radius 1 is 1.11 bits per heavy atom. The summed E-state index contributed by atoms with van der Waals surface area (Å²) in [5.41, 5.74) is 2.66. The van der Waals surface area contributed by atoms with Crippen LogP contribution in [0.1, 0.15) is 64.0 Å². The molecule has 0 spiro atoms. The maximum atomic E-state index is 4.80. The summed E-state index contributed by atoms with van der Waals surface area (Å²) in [6, 6.07) is 0. The summed E-state index contributed by atoms with van der Waals surface area (Å²) in [6.07, 6.45) is 5.91. The zero-order chi connectivity index (χ0) is 13.2. The number of fused-ring (bicyclic) bond motifs is 1. The minimum Gasteiger partial charge on any atom is -0.370 e. The summed E-state index contributed by atoms with van der Waals surface area (Å²) in [6.45, 7) is 9.72. The minimum atomic E-state index is 0.0229. The van der Waals surface area contributed by atoms with Crippen molar-refractivity contribution in [3.05, 3.63) is 17.1 Å². The molecule has 3 heteroatoms. The molecule has 1 aliphatic carbocycles. The van der Waals surface area contributed by atoms with E-state index in [0.29, 0.717) is 0 Å². The number of hydrogen-bond donors (Lipinski definition) is 1. The molecule has 0 saturated carbocycles. The van der Waals surface area contributed by atoms with Crippen LogP contribution in [0.2, 0.25) is 0 Å². The van der Waals surface area contributed by atoms with Crippen molar-refractivity contribution in [2.75, 3.05) is 11.9 Å². The summed E-state index contributed by atoms with van der Waals surface area (Å²) in [5, 5.41) is 3.48. The number of aryl methyl sites for hydroxylation is 1. The van der Waals surface area contributed by atoms with Crippen LogP contribution in [-0.4, -0.2) is 16.5 Å². The van der Waals surface area contributed by atoms with Gasteiger partial charge in [0.1, 0.15) is 11.6 Å². The third-order valence-electron chi connectivity index (χ3n) is 3.40. The van der Waals surface area contributed by atoms with E-state index < -0.39 is 0 Å². The van der Waals surface area contributed by atoms with E-state index in [1.807, 2.05) is 0 Å². The summed E-state index contributed by atoms with van der Waals surface area (Å²) in [7, 11) is 0. The second-order valence-corrected chi connectivity index (χ2v) is 6.20. The third-order valence-corrected chi connectivity index (χ3v) is 3.40. The summed E-state index contributed by atoms with van der Waals surface area (Å²) in [4.78, 5) is 9.57. The second kappa shape index (κ2) is 5.25. The van der Waals surface area contributed by atoms with Gasteiger partial charge in [0.2, 0.25) is 0 Å². The molecule has 100 valence electrons. The van der Waals surface area contributed by atoms with Gasteiger partial charge in [-0.15, -0.1) is 0 Å². The lowest BCUT2D eigenvalue weighted by molar-refractivity contribution is 0.533. The first-order valence-electron chi connectivity index (χ1n) is 7.16. The van der Waals surface area contributed by atoms with Gasteiger partial charge in [-0.25, -0.2) is 9.97 Å². The van der Waals surface area contributed by atoms with E-state index in [0.717, 1.165) is 37.4 Å². The molecule has 0 aliphatic heterocycles. The molecule has 3 nitrogen and oxygen atoms in total. The molecule has 0 saturated heterocycles. The molecule has 0 fully saturated rings. The number of anilines is 1. The van der Waals surface area contributed by atoms with Crippen molar-refractivity contribution < 1.29 is 0 Å². The van der Waals surface area contributed by atoms with E-state index in [2.05, 4.69) is 33.0 Å². The molecule has 1 aliphatic rings. The zero-order valence-electron chi connectivity index (χ0n) is 12.1. The molecule has 0 bridgehead atoms. The Labute approximate surface area is 110 Å². The standard InChI is InChI=1S/C15H25N3/c1-5-10-16-13-11-8-6-7-9-12(11)17-14(18-13)15(2,3)4/h5-10H2,1-4H3,(H,16,17,18). The fraction of sp³-hybridized carbons (Fsp3) is 0.733. The first kappa shape index (κ1) is 13.3. The smallest absolute Gasteiger partial charge is 0.136 e. The maximum Gasteiger partial charge on any atom is 0.136 e. The van der Waals surface area contributed by atoms with Crippen molar-refractivity contribution in [1.29, 1.82) is 0 Å². The van der Waals surface area contributed by atoms with Gasteiger partial charge in [0.25, 0.3) is 0 Å². The number of rotatable bonds is 3. The van der Waals surface area contributed by atoms with Gasteiger partial charge in [-0.05, 0) is 32.1 Å². The maximum absolute atomic E-state index is 4.80. The highest BCUT2D eigenvalue weighted by Gasteiger charge is 2.23. The summed E-state index contributed by atoms with van der Waals surface area (Å²) >= 11 is 0. The van der Waals surface area contributed by atoms with Crippen LogP contribution in [0.5, 0.6) is 0 Å². The predicted molar refractivity (Wildman–Crippen MR) is 76.2 cm³/mol. The van der Waals surface area contributed by atoms with Crippen molar-refractivity contribution in [2.45, 2.75) is 65.2 Å². The average Bonchev–Trinajstić information content (AvgIpc) is 2.34. The van der Waals surface area contributed by atoms with E-state index in [1.54, 1.807) is 0 Å². The van der Waals surface area contributed by atoms with Crippen molar-refractivity contribution in [2.24, 2.45) is 0 Å². The van der Waals surface area contributed by atoms with Crippen LogP contribution in [0, 0.1) is 0 Å². The second-order valence-electron chi connectivity index (χ2n) is 6.20. The molecular weight excluding hydrogens is 222 g/mol. The van der Waals surface area contributed by atoms with E-state index >= 15 is 0 Å². The van der Waals surface area contributed by atoms with Gasteiger partial charge in [0.15, 0.2) is 0 Å². The van der Waals surface area contributed by atoms with Crippen LogP contribution in [0.4, 0.5) is 5.82 Å². The monoisotopic (exact) mass is 247 g/mol. The van der Waals surface area contributed by atoms with Crippen LogP contribution in [0.3, 0.4) is 0 Å². The van der Waals surface area contributed by atoms with Gasteiger partial charge in [-0.1, -0.05) is 27.7 Å². The molecule has 1 aromatic rings. The first-order chi connectivity index (χ1) is 8.52. The van der Waals surface area contributed by atoms with Crippen LogP contribution in [-0.2, 0) is 18.3 Å². The van der Waals surface area contributed by atoms with Crippen molar-refractivity contribution >= 4 is 5.82 Å². The fourth-order valence-corrected chi connectivity index (χ4v) is 2.32. The van der Waals surface area contributed by atoms with E-state index in [-0.39, 0.29) is 5.41 Å². The molecule has 2 rings (SSSR count). The highest BCUT2D eigenvalue weighted by molar-refractivity contribution is 5.48. The summed E-state index contributed by atoms with van der Waals surface area (Å²) < 4.78 is 0. The Balaban J connectivity index is 2.41. The SMILES string of the molecule is CCCNc1nc(C(C)(C)C)nc2c1CCCC2. The number of nitrogens with zero attached hydrogens (tertiary/aromatic N) is 2. The Kier molecular flexibility index (Phi) is 3.88. The Morgan fingerprint density at radius 3 is 2.50 bits per heavy atom. The molecule has 1 heterocycles. The first-order valence-corrected chi connectivity index (χ1v) is 7.16. The van der Waals surface area contributed by atoms with Gasteiger partial charge in [-0.3, -0.25) is 0 Å². The lowest BCUT2D eigenvalue weighted by atomic mass is 9.92. The minimum absolute atomic E-state index is 0.0229. The number of hydrogen-bond acceptors (Lipinski definition) is 3. The van der Waals surface area contributed by atoms with Gasteiger partial charge < -0.3 is 5.32 Å². The van der Waals surface area contributed by atoms with Crippen LogP contribution >= 0.6 is 0 Å². The van der Waals surface area contributed by atoms with Crippen LogP contribution in [0.25, 0.3) is 0 Å². The number of aromatic nitrogens is 2. The Bertz CT molecular complexity index is 418. The highest BCUT2D eigenvalue weighted by atomic mass is 15.0. The van der Waals surface area contributed by atoms with E-state index in [1.165, 1.54) is 24.1 Å². The largest absolute Gasteiger partial charge is 0.370 e. The molecule has 18 heavy (non-hydrogen) atoms. The normalized spacial score (nSPS) is 15.3.